The molecule has 2 rings (SSSR count). The van der Waals surface area contributed by atoms with Crippen molar-refractivity contribution in [3.8, 4) is 0 Å². The lowest BCUT2D eigenvalue weighted by Crippen LogP contribution is -2.53. The van der Waals surface area contributed by atoms with Gasteiger partial charge in [-0.25, -0.2) is 9.59 Å². The van der Waals surface area contributed by atoms with Gasteiger partial charge in [-0.1, -0.05) is 23.7 Å². The summed E-state index contributed by atoms with van der Waals surface area (Å²) in [6.45, 7) is 4.97. The minimum absolute atomic E-state index is 0.0544. The first-order valence-electron chi connectivity index (χ1n) is 8.91. The highest BCUT2D eigenvalue weighted by Crippen LogP contribution is 2.21. The quantitative estimate of drug-likeness (QED) is 0.679. The number of nitrogens with zero attached hydrogens (tertiary/aromatic N) is 1. The standard InChI is InChI=1S/C19H25ClN2O6/c1-19(2,3)28-18(27)21-14(8-11-4-6-12(20)7-5-11)16(24)22-10-13(23)9-15(22)17(25)26/h4-7,13-15,23H,8-10H2,1-3H3,(H,21,27)(H,25,26)/t13-,14?,15+/m1/s1. The number of carboxylic acid groups (broad SMARTS) is 1. The highest BCUT2D eigenvalue weighted by Gasteiger charge is 2.41. The van der Waals surface area contributed by atoms with Gasteiger partial charge >= 0.3 is 12.1 Å². The largest absolute Gasteiger partial charge is 0.480 e. The Morgan fingerprint density at radius 2 is 1.89 bits per heavy atom. The van der Waals surface area contributed by atoms with Gasteiger partial charge in [0, 0.05) is 24.4 Å². The number of hydrogen-bond donors (Lipinski definition) is 3. The lowest BCUT2D eigenvalue weighted by Gasteiger charge is -2.28. The highest BCUT2D eigenvalue weighted by atomic mass is 35.5. The van der Waals surface area contributed by atoms with Crippen molar-refractivity contribution in [2.24, 2.45) is 0 Å². The molecule has 1 aromatic carbocycles. The fourth-order valence-electron chi connectivity index (χ4n) is 3.00. The molecule has 1 heterocycles. The third-order valence-electron chi connectivity index (χ3n) is 4.19. The van der Waals surface area contributed by atoms with E-state index in [2.05, 4.69) is 5.32 Å². The number of alkyl carbamates (subject to hydrolysis) is 1. The second-order valence-corrected chi connectivity index (χ2v) is 8.20. The number of carbonyl (C=O) groups excluding carboxylic acids is 2. The van der Waals surface area contributed by atoms with Crippen LogP contribution in [-0.2, 0) is 20.7 Å². The number of amides is 2. The second-order valence-electron chi connectivity index (χ2n) is 7.76. The molecule has 0 aromatic heterocycles. The molecular weight excluding hydrogens is 388 g/mol. The third-order valence-corrected chi connectivity index (χ3v) is 4.44. The Labute approximate surface area is 168 Å². The molecule has 1 aliphatic rings. The van der Waals surface area contributed by atoms with Crippen LogP contribution in [0.15, 0.2) is 24.3 Å². The summed E-state index contributed by atoms with van der Waals surface area (Å²) in [5.74, 6) is -1.79. The van der Waals surface area contributed by atoms with Gasteiger partial charge in [0.2, 0.25) is 5.91 Å². The molecule has 0 aliphatic carbocycles. The number of hydrogen-bond acceptors (Lipinski definition) is 5. The molecule has 3 atom stereocenters. The first-order valence-corrected chi connectivity index (χ1v) is 9.29. The molecule has 1 fully saturated rings. The zero-order chi connectivity index (χ0) is 21.1. The van der Waals surface area contributed by atoms with E-state index in [1.54, 1.807) is 45.0 Å². The lowest BCUT2D eigenvalue weighted by atomic mass is 10.0. The summed E-state index contributed by atoms with van der Waals surface area (Å²) in [6, 6.07) is 4.55. The molecule has 0 bridgehead atoms. The van der Waals surface area contributed by atoms with E-state index in [0.29, 0.717) is 5.02 Å². The molecule has 0 saturated carbocycles. The number of aliphatic carboxylic acids is 1. The van der Waals surface area contributed by atoms with Gasteiger partial charge in [0.05, 0.1) is 6.10 Å². The summed E-state index contributed by atoms with van der Waals surface area (Å²) in [6.07, 6.45) is -1.65. The molecule has 1 aliphatic heterocycles. The van der Waals surface area contributed by atoms with Crippen molar-refractivity contribution in [3.05, 3.63) is 34.9 Å². The Kier molecular flexibility index (Phi) is 6.90. The van der Waals surface area contributed by atoms with Crippen LogP contribution in [0.5, 0.6) is 0 Å². The summed E-state index contributed by atoms with van der Waals surface area (Å²) in [5, 5.41) is 22.2. The van der Waals surface area contributed by atoms with Crippen LogP contribution in [0.2, 0.25) is 5.02 Å². The van der Waals surface area contributed by atoms with E-state index in [4.69, 9.17) is 16.3 Å². The Balaban J connectivity index is 2.23. The van der Waals surface area contributed by atoms with E-state index in [1.807, 2.05) is 0 Å². The summed E-state index contributed by atoms with van der Waals surface area (Å²) < 4.78 is 5.23. The van der Waals surface area contributed by atoms with Crippen LogP contribution in [0.4, 0.5) is 4.79 Å². The van der Waals surface area contributed by atoms with Crippen molar-refractivity contribution >= 4 is 29.6 Å². The third kappa shape index (κ3) is 6.10. The number of nitrogens with one attached hydrogen (secondary N) is 1. The SMILES string of the molecule is CC(C)(C)OC(=O)NC(Cc1ccc(Cl)cc1)C(=O)N1C[C@H](O)C[C@H]1C(=O)O. The second kappa shape index (κ2) is 8.79. The number of ether oxygens (including phenoxy) is 1. The topological polar surface area (TPSA) is 116 Å². The first kappa shape index (κ1) is 22.0. The molecule has 2 amide bonds. The van der Waals surface area contributed by atoms with Gasteiger partial charge < -0.3 is 25.2 Å². The van der Waals surface area contributed by atoms with Gasteiger partial charge in [-0.2, -0.15) is 0 Å². The number of β-amino-alcohol motifs (C(OH)–C–C–N with tert-alkyl or cyclic N) is 1. The predicted molar refractivity (Wildman–Crippen MR) is 102 cm³/mol. The lowest BCUT2D eigenvalue weighted by molar-refractivity contribution is -0.149. The van der Waals surface area contributed by atoms with Crippen LogP contribution in [0.1, 0.15) is 32.8 Å². The van der Waals surface area contributed by atoms with E-state index in [1.165, 1.54) is 0 Å². The summed E-state index contributed by atoms with van der Waals surface area (Å²) in [7, 11) is 0. The molecule has 1 unspecified atom stereocenters. The highest BCUT2D eigenvalue weighted by molar-refractivity contribution is 6.30. The molecule has 8 nitrogen and oxygen atoms in total. The number of carboxylic acids is 1. The minimum Gasteiger partial charge on any atom is -0.480 e. The monoisotopic (exact) mass is 412 g/mol. The van der Waals surface area contributed by atoms with E-state index in [9.17, 15) is 24.6 Å². The van der Waals surface area contributed by atoms with Crippen LogP contribution >= 0.6 is 11.6 Å². The van der Waals surface area contributed by atoms with Crippen molar-refractivity contribution in [2.45, 2.75) is 57.4 Å². The Morgan fingerprint density at radius 1 is 1.29 bits per heavy atom. The zero-order valence-corrected chi connectivity index (χ0v) is 16.8. The van der Waals surface area contributed by atoms with Crippen LogP contribution in [0.3, 0.4) is 0 Å². The van der Waals surface area contributed by atoms with E-state index < -0.39 is 41.8 Å². The fraction of sp³-hybridized carbons (Fsp3) is 0.526. The fourth-order valence-corrected chi connectivity index (χ4v) is 3.12. The Morgan fingerprint density at radius 3 is 2.43 bits per heavy atom. The Hall–Kier alpha value is -2.32. The maximum absolute atomic E-state index is 13.0. The number of aliphatic hydroxyl groups is 1. The minimum atomic E-state index is -1.20. The van der Waals surface area contributed by atoms with Gasteiger partial charge in [0.1, 0.15) is 17.7 Å². The van der Waals surface area contributed by atoms with Gasteiger partial charge in [-0.05, 0) is 38.5 Å². The molecule has 28 heavy (non-hydrogen) atoms. The number of halogens is 1. The van der Waals surface area contributed by atoms with Gasteiger partial charge in [-0.3, -0.25) is 4.79 Å². The van der Waals surface area contributed by atoms with Crippen molar-refractivity contribution < 1.29 is 29.3 Å². The van der Waals surface area contributed by atoms with E-state index >= 15 is 0 Å². The molecule has 1 aromatic rings. The smallest absolute Gasteiger partial charge is 0.408 e. The van der Waals surface area contributed by atoms with E-state index in [-0.39, 0.29) is 19.4 Å². The van der Waals surface area contributed by atoms with Gasteiger partial charge in [0.25, 0.3) is 0 Å². The van der Waals surface area contributed by atoms with Crippen molar-refractivity contribution in [2.75, 3.05) is 6.54 Å². The van der Waals surface area contributed by atoms with Crippen molar-refractivity contribution in [1.29, 1.82) is 0 Å². The maximum atomic E-state index is 13.0. The van der Waals surface area contributed by atoms with Gasteiger partial charge in [0.15, 0.2) is 0 Å². The molecular formula is C19H25ClN2O6. The summed E-state index contributed by atoms with van der Waals surface area (Å²) in [5.41, 5.74) is -0.0313. The van der Waals surface area contributed by atoms with Crippen molar-refractivity contribution in [1.82, 2.24) is 10.2 Å². The number of aliphatic hydroxyl groups excluding tert-OH is 1. The zero-order valence-electron chi connectivity index (χ0n) is 16.0. The predicted octanol–water partition coefficient (Wildman–Crippen LogP) is 1.82. The average molecular weight is 413 g/mol. The number of carbonyl (C=O) groups is 3. The van der Waals surface area contributed by atoms with Crippen LogP contribution < -0.4 is 5.32 Å². The molecule has 1 saturated heterocycles. The maximum Gasteiger partial charge on any atom is 0.408 e. The molecule has 154 valence electrons. The number of likely N-dealkylation sites (tertiary alicyclic amines) is 1. The van der Waals surface area contributed by atoms with Crippen molar-refractivity contribution in [3.63, 3.8) is 0 Å². The van der Waals surface area contributed by atoms with Gasteiger partial charge in [-0.15, -0.1) is 0 Å². The number of rotatable bonds is 5. The first-order chi connectivity index (χ1) is 13.0. The normalized spacial score (nSPS) is 20.5. The molecule has 9 heteroatoms. The molecule has 3 N–H and O–H groups in total. The Bertz CT molecular complexity index is 731. The van der Waals surface area contributed by atoms with Crippen LogP contribution in [-0.4, -0.2) is 63.4 Å². The summed E-state index contributed by atoms with van der Waals surface area (Å²) >= 11 is 5.88. The molecule has 0 radical (unpaired) electrons. The average Bonchev–Trinajstić information content (AvgIpc) is 2.96. The number of benzene rings is 1. The molecule has 0 spiro atoms. The summed E-state index contributed by atoms with van der Waals surface area (Å²) in [4.78, 5) is 37.8. The van der Waals surface area contributed by atoms with Crippen LogP contribution in [0, 0.1) is 0 Å². The van der Waals surface area contributed by atoms with E-state index in [0.717, 1.165) is 10.5 Å². The van der Waals surface area contributed by atoms with Crippen LogP contribution in [0.25, 0.3) is 0 Å².